The second-order valence-electron chi connectivity index (χ2n) is 9.87. The van der Waals surface area contributed by atoms with Gasteiger partial charge in [-0.05, 0) is 142 Å². The molecule has 0 fully saturated rings. The van der Waals surface area contributed by atoms with Crippen molar-refractivity contribution in [2.45, 2.75) is 25.3 Å². The standard InChI is InChI=1S/C32H23I4NO7/c1-16(38)43-29-26(35)13-18(14-27(29)36)44-30-24(33)10-17(11-25(30)34)12-28(31(39)40)37-32(41)42-15-23-21-8-4-2-6-19(21)20-7-3-5-9-22(20)23/h2-11,13-14,23,28H,12,15H2,1H3,(H,37,41)(H,39,40)/t28-/m0/s1. The number of amides is 1. The average Bonchev–Trinajstić information content (AvgIpc) is 3.29. The van der Waals surface area contributed by atoms with Crippen LogP contribution < -0.4 is 14.8 Å². The Morgan fingerprint density at radius 1 is 0.818 bits per heavy atom. The fourth-order valence-electron chi connectivity index (χ4n) is 5.00. The number of rotatable bonds is 9. The number of esters is 1. The van der Waals surface area contributed by atoms with Gasteiger partial charge < -0.3 is 24.6 Å². The van der Waals surface area contributed by atoms with Gasteiger partial charge in [0.05, 0.1) is 14.3 Å². The topological polar surface area (TPSA) is 111 Å². The van der Waals surface area contributed by atoms with Gasteiger partial charge in [0.15, 0.2) is 11.5 Å². The van der Waals surface area contributed by atoms with Crippen LogP contribution in [0.15, 0.2) is 72.8 Å². The quantitative estimate of drug-likeness (QED) is 0.0986. The van der Waals surface area contributed by atoms with Crippen LogP contribution >= 0.6 is 90.4 Å². The van der Waals surface area contributed by atoms with E-state index in [0.717, 1.165) is 36.5 Å². The van der Waals surface area contributed by atoms with E-state index in [1.54, 1.807) is 12.1 Å². The van der Waals surface area contributed by atoms with Crippen molar-refractivity contribution in [1.82, 2.24) is 5.32 Å². The number of hydrogen-bond acceptors (Lipinski definition) is 6. The number of benzene rings is 4. The first-order chi connectivity index (χ1) is 21.0. The fraction of sp³-hybridized carbons (Fsp3) is 0.156. The Bertz CT molecular complexity index is 1690. The van der Waals surface area contributed by atoms with Gasteiger partial charge in [0.25, 0.3) is 0 Å². The average molecular weight is 1040 g/mol. The second kappa shape index (κ2) is 14.5. The first-order valence-electron chi connectivity index (χ1n) is 13.2. The van der Waals surface area contributed by atoms with Crippen molar-refractivity contribution in [2.75, 3.05) is 6.61 Å². The zero-order chi connectivity index (χ0) is 31.5. The number of carbonyl (C=O) groups excluding carboxylic acids is 2. The molecular weight excluding hydrogens is 1020 g/mol. The largest absolute Gasteiger partial charge is 0.480 e. The summed E-state index contributed by atoms with van der Waals surface area (Å²) in [5, 5.41) is 12.4. The summed E-state index contributed by atoms with van der Waals surface area (Å²) in [6.45, 7) is 1.44. The van der Waals surface area contributed by atoms with Gasteiger partial charge in [-0.1, -0.05) is 48.5 Å². The van der Waals surface area contributed by atoms with Crippen molar-refractivity contribution in [2.24, 2.45) is 0 Å². The number of halogens is 4. The summed E-state index contributed by atoms with van der Waals surface area (Å²) in [5.41, 5.74) is 5.09. The number of fused-ring (bicyclic) bond motifs is 3. The molecule has 226 valence electrons. The molecule has 0 saturated carbocycles. The summed E-state index contributed by atoms with van der Waals surface area (Å²) in [7, 11) is 0. The molecule has 1 aliphatic carbocycles. The van der Waals surface area contributed by atoms with Gasteiger partial charge in [0.2, 0.25) is 0 Å². The molecule has 5 rings (SSSR count). The lowest BCUT2D eigenvalue weighted by atomic mass is 9.98. The molecule has 0 aliphatic heterocycles. The maximum atomic E-state index is 12.8. The molecule has 0 saturated heterocycles. The molecule has 1 aliphatic rings. The number of hydrogen-bond donors (Lipinski definition) is 2. The molecule has 0 bridgehead atoms. The van der Waals surface area contributed by atoms with Crippen molar-refractivity contribution in [3.63, 3.8) is 0 Å². The normalized spacial score (nSPS) is 12.6. The molecule has 0 aromatic heterocycles. The molecule has 2 N–H and O–H groups in total. The molecule has 0 unspecified atom stereocenters. The number of alkyl carbamates (subject to hydrolysis) is 1. The summed E-state index contributed by atoms with van der Waals surface area (Å²) in [6.07, 6.45) is -0.733. The van der Waals surface area contributed by atoms with Crippen molar-refractivity contribution in [3.05, 3.63) is 104 Å². The van der Waals surface area contributed by atoms with Crippen LogP contribution in [0.4, 0.5) is 4.79 Å². The van der Waals surface area contributed by atoms with Gasteiger partial charge in [-0.2, -0.15) is 0 Å². The molecule has 0 heterocycles. The summed E-state index contributed by atoms with van der Waals surface area (Å²) in [6, 6.07) is 22.1. The minimum Gasteiger partial charge on any atom is -0.480 e. The summed E-state index contributed by atoms with van der Waals surface area (Å²) in [5.74, 6) is -0.0365. The molecule has 4 aromatic carbocycles. The maximum Gasteiger partial charge on any atom is 0.407 e. The van der Waals surface area contributed by atoms with E-state index in [4.69, 9.17) is 14.2 Å². The van der Waals surface area contributed by atoms with E-state index in [2.05, 4.69) is 108 Å². The van der Waals surface area contributed by atoms with E-state index >= 15 is 0 Å². The lowest BCUT2D eigenvalue weighted by Gasteiger charge is -2.18. The number of carboxylic acid groups (broad SMARTS) is 1. The molecular formula is C32H23I4NO7. The Balaban J connectivity index is 1.25. The van der Waals surface area contributed by atoms with Crippen molar-refractivity contribution in [3.8, 4) is 28.4 Å². The van der Waals surface area contributed by atoms with Gasteiger partial charge >= 0.3 is 18.0 Å². The van der Waals surface area contributed by atoms with E-state index in [-0.39, 0.29) is 18.9 Å². The number of carbonyl (C=O) groups is 3. The van der Waals surface area contributed by atoms with Crippen LogP contribution in [0.1, 0.15) is 29.5 Å². The van der Waals surface area contributed by atoms with Crippen molar-refractivity contribution in [1.29, 1.82) is 0 Å². The molecule has 0 radical (unpaired) electrons. The minimum atomic E-state index is -1.19. The zero-order valence-electron chi connectivity index (χ0n) is 22.9. The molecule has 1 amide bonds. The van der Waals surface area contributed by atoms with E-state index < -0.39 is 24.1 Å². The predicted molar refractivity (Wildman–Crippen MR) is 198 cm³/mol. The Kier molecular flexibility index (Phi) is 10.9. The number of nitrogens with one attached hydrogen (secondary N) is 1. The summed E-state index contributed by atoms with van der Waals surface area (Å²) < 4.78 is 20.1. The van der Waals surface area contributed by atoms with Crippen LogP contribution in [0.3, 0.4) is 0 Å². The van der Waals surface area contributed by atoms with E-state index in [0.29, 0.717) is 22.8 Å². The molecule has 1 atom stereocenters. The minimum absolute atomic E-state index is 0.0543. The highest BCUT2D eigenvalue weighted by Crippen LogP contribution is 2.44. The van der Waals surface area contributed by atoms with E-state index in [9.17, 15) is 19.5 Å². The predicted octanol–water partition coefficient (Wildman–Crippen LogP) is 8.36. The number of aliphatic carboxylic acids is 1. The summed E-state index contributed by atoms with van der Waals surface area (Å²) in [4.78, 5) is 36.4. The third-order valence-electron chi connectivity index (χ3n) is 6.87. The molecule has 8 nitrogen and oxygen atoms in total. The first-order valence-corrected chi connectivity index (χ1v) is 17.5. The maximum absolute atomic E-state index is 12.8. The smallest absolute Gasteiger partial charge is 0.407 e. The van der Waals surface area contributed by atoms with Crippen molar-refractivity contribution >= 4 is 108 Å². The van der Waals surface area contributed by atoms with Gasteiger partial charge in [-0.15, -0.1) is 0 Å². The third-order valence-corrected chi connectivity index (χ3v) is 10.1. The lowest BCUT2D eigenvalue weighted by molar-refractivity contribution is -0.139. The second-order valence-corrected chi connectivity index (χ2v) is 14.5. The van der Waals surface area contributed by atoms with E-state index in [1.165, 1.54) is 6.92 Å². The SMILES string of the molecule is CC(=O)Oc1c(I)cc(Oc2c(I)cc(C[C@H](NC(=O)OCC3c4ccccc4-c4ccccc43)C(=O)O)cc2I)cc1I. The molecule has 4 aromatic rings. The zero-order valence-corrected chi connectivity index (χ0v) is 31.5. The fourth-order valence-corrected chi connectivity index (χ4v) is 9.05. The summed E-state index contributed by atoms with van der Waals surface area (Å²) >= 11 is 8.46. The highest BCUT2D eigenvalue weighted by molar-refractivity contribution is 14.1. The Morgan fingerprint density at radius 2 is 1.34 bits per heavy atom. The van der Waals surface area contributed by atoms with Crippen LogP contribution in [0.2, 0.25) is 0 Å². The van der Waals surface area contributed by atoms with Crippen molar-refractivity contribution < 1.29 is 33.7 Å². The number of ether oxygens (including phenoxy) is 3. The Hall–Kier alpha value is -2.19. The first kappa shape index (κ1) is 33.2. The van der Waals surface area contributed by atoms with E-state index in [1.807, 2.05) is 48.5 Å². The lowest BCUT2D eigenvalue weighted by Crippen LogP contribution is -2.43. The van der Waals surface area contributed by atoms with Crippen LogP contribution in [-0.4, -0.2) is 35.8 Å². The number of carboxylic acids is 1. The van der Waals surface area contributed by atoms with Crippen LogP contribution in [0.5, 0.6) is 17.2 Å². The van der Waals surface area contributed by atoms with Gasteiger partial charge in [-0.3, -0.25) is 4.79 Å². The van der Waals surface area contributed by atoms with Gasteiger partial charge in [0.1, 0.15) is 18.4 Å². The van der Waals surface area contributed by atoms with Crippen LogP contribution in [0.25, 0.3) is 11.1 Å². The Morgan fingerprint density at radius 3 is 1.86 bits per heavy atom. The third kappa shape index (κ3) is 7.60. The highest BCUT2D eigenvalue weighted by atomic mass is 127. The van der Waals surface area contributed by atoms with Gasteiger partial charge in [-0.25, -0.2) is 9.59 Å². The highest BCUT2D eigenvalue weighted by Gasteiger charge is 2.30. The monoisotopic (exact) mass is 1040 g/mol. The Labute approximate surface area is 308 Å². The molecule has 44 heavy (non-hydrogen) atoms. The van der Waals surface area contributed by atoms with Crippen LogP contribution in [-0.2, 0) is 20.7 Å². The van der Waals surface area contributed by atoms with Crippen LogP contribution in [0, 0.1) is 14.3 Å². The molecule has 12 heteroatoms. The van der Waals surface area contributed by atoms with Gasteiger partial charge in [0, 0.05) is 19.3 Å². The molecule has 0 spiro atoms.